The Kier molecular flexibility index (Phi) is 7.75. The van der Waals surface area contributed by atoms with E-state index in [9.17, 15) is 19.7 Å². The molecule has 0 aliphatic carbocycles. The summed E-state index contributed by atoms with van der Waals surface area (Å²) in [6.45, 7) is 2.14. The summed E-state index contributed by atoms with van der Waals surface area (Å²) in [5.74, 6) is -0.313. The van der Waals surface area contributed by atoms with Crippen LogP contribution in [0.1, 0.15) is 19.3 Å². The summed E-state index contributed by atoms with van der Waals surface area (Å²) in [6.07, 6.45) is 0.353. The summed E-state index contributed by atoms with van der Waals surface area (Å²) >= 11 is 0. The first kappa shape index (κ1) is 22.7. The van der Waals surface area contributed by atoms with E-state index in [4.69, 9.17) is 5.26 Å². The monoisotopic (exact) mass is 435 g/mol. The van der Waals surface area contributed by atoms with Gasteiger partial charge in [0.15, 0.2) is 0 Å². The highest BCUT2D eigenvalue weighted by Crippen LogP contribution is 2.28. The van der Waals surface area contributed by atoms with Crippen molar-refractivity contribution in [3.63, 3.8) is 0 Å². The Balaban J connectivity index is 1.54. The number of rotatable bonds is 8. The number of carbonyl (C=O) groups is 2. The van der Waals surface area contributed by atoms with Crippen LogP contribution in [0, 0.1) is 21.4 Å². The third-order valence-electron chi connectivity index (χ3n) is 5.42. The number of nitro benzene ring substituents is 1. The number of nitrogens with zero attached hydrogens (tertiary/aromatic N) is 5. The highest BCUT2D eigenvalue weighted by Gasteiger charge is 2.26. The molecule has 2 amide bonds. The Morgan fingerprint density at radius 1 is 1.00 bits per heavy atom. The molecular weight excluding hydrogens is 410 g/mol. The Bertz CT molecular complexity index is 997. The van der Waals surface area contributed by atoms with Crippen molar-refractivity contribution in [2.45, 2.75) is 19.3 Å². The zero-order valence-corrected chi connectivity index (χ0v) is 17.7. The molecule has 166 valence electrons. The van der Waals surface area contributed by atoms with E-state index in [-0.39, 0.29) is 43.3 Å². The molecule has 0 bridgehead atoms. The second-order valence-electron chi connectivity index (χ2n) is 7.40. The lowest BCUT2D eigenvalue weighted by molar-refractivity contribution is -0.384. The van der Waals surface area contributed by atoms with Crippen molar-refractivity contribution in [2.24, 2.45) is 0 Å². The highest BCUT2D eigenvalue weighted by atomic mass is 16.6. The molecule has 0 N–H and O–H groups in total. The fourth-order valence-electron chi connectivity index (χ4n) is 3.76. The van der Waals surface area contributed by atoms with E-state index in [1.54, 1.807) is 40.1 Å². The molecule has 0 saturated carbocycles. The lowest BCUT2D eigenvalue weighted by Crippen LogP contribution is -2.49. The Morgan fingerprint density at radius 3 is 2.31 bits per heavy atom. The third-order valence-corrected chi connectivity index (χ3v) is 5.42. The van der Waals surface area contributed by atoms with Gasteiger partial charge < -0.3 is 14.7 Å². The molecule has 0 aromatic heterocycles. The maximum Gasteiger partial charge on any atom is 0.292 e. The van der Waals surface area contributed by atoms with Crippen LogP contribution in [0.4, 0.5) is 17.1 Å². The van der Waals surface area contributed by atoms with Crippen LogP contribution in [0.25, 0.3) is 0 Å². The molecule has 1 aliphatic rings. The van der Waals surface area contributed by atoms with Gasteiger partial charge in [-0.3, -0.25) is 19.7 Å². The van der Waals surface area contributed by atoms with Gasteiger partial charge in [-0.2, -0.15) is 5.26 Å². The molecule has 0 radical (unpaired) electrons. The van der Waals surface area contributed by atoms with Crippen LogP contribution in [-0.4, -0.2) is 54.4 Å². The quantitative estimate of drug-likeness (QED) is 0.466. The van der Waals surface area contributed by atoms with E-state index in [2.05, 4.69) is 6.07 Å². The molecule has 0 unspecified atom stereocenters. The first-order chi connectivity index (χ1) is 15.5. The van der Waals surface area contributed by atoms with E-state index in [0.29, 0.717) is 37.6 Å². The number of nitriles is 1. The molecule has 1 fully saturated rings. The number of anilines is 2. The molecule has 2 aromatic rings. The molecule has 1 aliphatic heterocycles. The van der Waals surface area contributed by atoms with Gasteiger partial charge in [-0.1, -0.05) is 30.3 Å². The number of nitro groups is 1. The first-order valence-electron chi connectivity index (χ1n) is 10.5. The Labute approximate surface area is 186 Å². The van der Waals surface area contributed by atoms with Crippen LogP contribution in [0.5, 0.6) is 0 Å². The van der Waals surface area contributed by atoms with Crippen molar-refractivity contribution in [1.29, 1.82) is 5.26 Å². The third kappa shape index (κ3) is 5.60. The predicted octanol–water partition coefficient (Wildman–Crippen LogP) is 2.97. The second kappa shape index (κ2) is 10.9. The Morgan fingerprint density at radius 2 is 1.66 bits per heavy atom. The van der Waals surface area contributed by atoms with Gasteiger partial charge in [0.05, 0.1) is 17.4 Å². The minimum absolute atomic E-state index is 0.0521. The fourth-order valence-corrected chi connectivity index (χ4v) is 3.76. The molecule has 1 heterocycles. The molecule has 9 nitrogen and oxygen atoms in total. The predicted molar refractivity (Wildman–Crippen MR) is 120 cm³/mol. The first-order valence-corrected chi connectivity index (χ1v) is 10.5. The van der Waals surface area contributed by atoms with Gasteiger partial charge in [-0.25, -0.2) is 0 Å². The van der Waals surface area contributed by atoms with E-state index in [1.165, 1.54) is 6.07 Å². The number of hydrogen-bond acceptors (Lipinski definition) is 6. The molecule has 9 heteroatoms. The van der Waals surface area contributed by atoms with Crippen molar-refractivity contribution < 1.29 is 14.5 Å². The van der Waals surface area contributed by atoms with Crippen LogP contribution in [0.15, 0.2) is 54.6 Å². The average Bonchev–Trinajstić information content (AvgIpc) is 2.83. The van der Waals surface area contributed by atoms with Gasteiger partial charge in [-0.05, 0) is 18.2 Å². The molecule has 2 aromatic carbocycles. The molecule has 0 spiro atoms. The van der Waals surface area contributed by atoms with Gasteiger partial charge in [-0.15, -0.1) is 0 Å². The van der Waals surface area contributed by atoms with Gasteiger partial charge in [0, 0.05) is 57.3 Å². The average molecular weight is 435 g/mol. The maximum absolute atomic E-state index is 12.7. The number of hydrogen-bond donors (Lipinski definition) is 0. The van der Waals surface area contributed by atoms with Crippen molar-refractivity contribution in [3.05, 3.63) is 64.7 Å². The van der Waals surface area contributed by atoms with Crippen molar-refractivity contribution in [3.8, 4) is 6.07 Å². The van der Waals surface area contributed by atoms with Crippen LogP contribution in [0.3, 0.4) is 0 Å². The van der Waals surface area contributed by atoms with E-state index in [0.717, 1.165) is 0 Å². The summed E-state index contributed by atoms with van der Waals surface area (Å²) in [4.78, 5) is 41.4. The lowest BCUT2D eigenvalue weighted by atomic mass is 10.2. The summed E-state index contributed by atoms with van der Waals surface area (Å²) in [6, 6.07) is 17.7. The van der Waals surface area contributed by atoms with Gasteiger partial charge >= 0.3 is 0 Å². The summed E-state index contributed by atoms with van der Waals surface area (Å²) in [5.41, 5.74) is 1.31. The van der Waals surface area contributed by atoms with Crippen LogP contribution in [0.2, 0.25) is 0 Å². The zero-order chi connectivity index (χ0) is 22.9. The number of benzene rings is 2. The molecule has 3 rings (SSSR count). The van der Waals surface area contributed by atoms with E-state index < -0.39 is 4.92 Å². The maximum atomic E-state index is 12.7. The number of amides is 2. The molecule has 1 saturated heterocycles. The minimum atomic E-state index is -0.400. The number of carbonyl (C=O) groups excluding carboxylic acids is 2. The van der Waals surface area contributed by atoms with Crippen LogP contribution >= 0.6 is 0 Å². The number of piperazine rings is 1. The van der Waals surface area contributed by atoms with E-state index in [1.807, 2.05) is 23.1 Å². The summed E-state index contributed by atoms with van der Waals surface area (Å²) in [7, 11) is 0. The Hall–Kier alpha value is -3.93. The smallest absolute Gasteiger partial charge is 0.292 e. The molecular formula is C23H25N5O4. The largest absolute Gasteiger partial charge is 0.362 e. The standard InChI is InChI=1S/C23H25N5O4/c24-13-6-14-27(19-7-2-1-3-8-19)23(30)12-11-22(29)26-17-15-25(16-18-26)20-9-4-5-10-21(20)28(31)32/h1-5,7-10H,6,11-12,14-18H2. The minimum Gasteiger partial charge on any atom is -0.362 e. The van der Waals surface area contributed by atoms with Crippen LogP contribution in [-0.2, 0) is 9.59 Å². The van der Waals surface area contributed by atoms with Gasteiger partial charge in [0.2, 0.25) is 11.8 Å². The van der Waals surface area contributed by atoms with Crippen LogP contribution < -0.4 is 9.80 Å². The number of para-hydroxylation sites is 3. The fraction of sp³-hybridized carbons (Fsp3) is 0.348. The molecule has 0 atom stereocenters. The zero-order valence-electron chi connectivity index (χ0n) is 17.7. The summed E-state index contributed by atoms with van der Waals surface area (Å²) in [5, 5.41) is 20.2. The SMILES string of the molecule is N#CCCN(C(=O)CCC(=O)N1CCN(c2ccccc2[N+](=O)[O-])CC1)c1ccccc1. The molecule has 32 heavy (non-hydrogen) atoms. The summed E-state index contributed by atoms with van der Waals surface area (Å²) < 4.78 is 0. The normalized spacial score (nSPS) is 13.3. The van der Waals surface area contributed by atoms with Gasteiger partial charge in [0.25, 0.3) is 5.69 Å². The topological polar surface area (TPSA) is 111 Å². The van der Waals surface area contributed by atoms with E-state index >= 15 is 0 Å². The van der Waals surface area contributed by atoms with Crippen molar-refractivity contribution >= 4 is 28.9 Å². The van der Waals surface area contributed by atoms with Crippen molar-refractivity contribution in [2.75, 3.05) is 42.5 Å². The lowest BCUT2D eigenvalue weighted by Gasteiger charge is -2.36. The van der Waals surface area contributed by atoms with Gasteiger partial charge in [0.1, 0.15) is 5.69 Å². The van der Waals surface area contributed by atoms with Crippen molar-refractivity contribution in [1.82, 2.24) is 4.90 Å². The highest BCUT2D eigenvalue weighted by molar-refractivity contribution is 5.95. The second-order valence-corrected chi connectivity index (χ2v) is 7.40.